The van der Waals surface area contributed by atoms with Crippen molar-refractivity contribution in [3.63, 3.8) is 0 Å². The van der Waals surface area contributed by atoms with Gasteiger partial charge in [-0.1, -0.05) is 96.4 Å². The van der Waals surface area contributed by atoms with E-state index in [1.807, 2.05) is 30.3 Å². The van der Waals surface area contributed by atoms with Crippen molar-refractivity contribution in [1.29, 1.82) is 0 Å². The summed E-state index contributed by atoms with van der Waals surface area (Å²) in [4.78, 5) is 28.2. The molecule has 0 saturated carbocycles. The van der Waals surface area contributed by atoms with E-state index in [0.29, 0.717) is 21.4 Å². The zero-order valence-corrected chi connectivity index (χ0v) is 23.3. The van der Waals surface area contributed by atoms with Gasteiger partial charge in [-0.2, -0.15) is 0 Å². The van der Waals surface area contributed by atoms with Crippen LogP contribution in [0.15, 0.2) is 113 Å². The molecule has 0 bridgehead atoms. The fourth-order valence-corrected chi connectivity index (χ4v) is 6.03. The molecule has 1 aliphatic rings. The van der Waals surface area contributed by atoms with Crippen molar-refractivity contribution in [2.24, 2.45) is 0 Å². The van der Waals surface area contributed by atoms with E-state index in [2.05, 4.69) is 16.8 Å². The fraction of sp³-hybridized carbons (Fsp3) is 0.0968. The number of nitrogens with zero attached hydrogens (tertiary/aromatic N) is 3. The van der Waals surface area contributed by atoms with Gasteiger partial charge in [0.1, 0.15) is 18.2 Å². The van der Waals surface area contributed by atoms with Crippen LogP contribution in [0.25, 0.3) is 6.08 Å². The molecule has 1 atom stereocenters. The van der Waals surface area contributed by atoms with Crippen LogP contribution >= 0.6 is 23.1 Å². The van der Waals surface area contributed by atoms with E-state index in [0.717, 1.165) is 22.5 Å². The summed E-state index contributed by atoms with van der Waals surface area (Å²) in [6, 6.07) is 21.4. The van der Waals surface area contributed by atoms with Crippen LogP contribution in [-0.4, -0.2) is 33.6 Å². The Balaban J connectivity index is 1.47. The van der Waals surface area contributed by atoms with Crippen molar-refractivity contribution >= 4 is 46.0 Å². The predicted molar refractivity (Wildman–Crippen MR) is 158 cm³/mol. The molecule has 0 spiro atoms. The molecule has 0 saturated heterocycles. The van der Waals surface area contributed by atoms with Gasteiger partial charge in [-0.15, -0.1) is 10.2 Å². The van der Waals surface area contributed by atoms with Crippen LogP contribution in [0.2, 0.25) is 0 Å². The Morgan fingerprint density at radius 2 is 1.88 bits per heavy atom. The number of hydrogen-bond acceptors (Lipinski definition) is 8. The van der Waals surface area contributed by atoms with E-state index in [9.17, 15) is 19.1 Å². The molecule has 7 nitrogen and oxygen atoms in total. The van der Waals surface area contributed by atoms with Crippen molar-refractivity contribution in [3.8, 4) is 5.75 Å². The second-order valence-corrected chi connectivity index (χ2v) is 11.1. The lowest BCUT2D eigenvalue weighted by Crippen LogP contribution is -2.30. The smallest absolute Gasteiger partial charge is 0.296 e. The summed E-state index contributed by atoms with van der Waals surface area (Å²) in [5.41, 5.74) is 2.18. The van der Waals surface area contributed by atoms with Crippen LogP contribution in [0.3, 0.4) is 0 Å². The molecule has 0 aliphatic carbocycles. The Kier molecular flexibility index (Phi) is 8.71. The number of halogens is 1. The standard InChI is InChI=1S/C31H24FN3O4S2/c1-2-17-39-24-10-6-9-22(18-24)27-26(25(36)16-13-20-7-4-3-5-8-20)28(37)29(38)35(27)30-33-34-31(41-30)40-19-21-11-14-23(32)15-12-21/h2-16,18,27,37H,1,17,19H2. The monoisotopic (exact) mass is 585 g/mol. The Morgan fingerprint density at radius 3 is 2.63 bits per heavy atom. The maximum atomic E-state index is 13.5. The first kappa shape index (κ1) is 28.0. The molecule has 41 heavy (non-hydrogen) atoms. The van der Waals surface area contributed by atoms with Gasteiger partial charge in [-0.25, -0.2) is 4.39 Å². The maximum absolute atomic E-state index is 13.5. The first-order valence-corrected chi connectivity index (χ1v) is 14.3. The number of thioether (sulfide) groups is 1. The highest BCUT2D eigenvalue weighted by Gasteiger charge is 2.45. The molecular formula is C31H24FN3O4S2. The lowest BCUT2D eigenvalue weighted by molar-refractivity contribution is -0.117. The summed E-state index contributed by atoms with van der Waals surface area (Å²) >= 11 is 2.54. The molecule has 1 unspecified atom stereocenters. The molecule has 3 aromatic carbocycles. The van der Waals surface area contributed by atoms with Gasteiger partial charge in [0.15, 0.2) is 15.9 Å². The molecule has 5 rings (SSSR count). The van der Waals surface area contributed by atoms with Gasteiger partial charge >= 0.3 is 0 Å². The third-order valence-corrected chi connectivity index (χ3v) is 8.25. The van der Waals surface area contributed by atoms with Gasteiger partial charge < -0.3 is 9.84 Å². The van der Waals surface area contributed by atoms with E-state index >= 15 is 0 Å². The van der Waals surface area contributed by atoms with Crippen LogP contribution in [0.1, 0.15) is 22.7 Å². The number of ether oxygens (including phenoxy) is 1. The molecule has 206 valence electrons. The average molecular weight is 586 g/mol. The van der Waals surface area contributed by atoms with Crippen molar-refractivity contribution < 1.29 is 23.8 Å². The number of carbonyl (C=O) groups is 2. The van der Waals surface area contributed by atoms with E-state index in [-0.39, 0.29) is 23.1 Å². The zero-order chi connectivity index (χ0) is 28.8. The second-order valence-electron chi connectivity index (χ2n) is 8.89. The Morgan fingerprint density at radius 1 is 1.10 bits per heavy atom. The fourth-order valence-electron chi connectivity index (χ4n) is 4.21. The lowest BCUT2D eigenvalue weighted by Gasteiger charge is -2.24. The Hall–Kier alpha value is -4.54. The number of rotatable bonds is 11. The number of benzene rings is 3. The van der Waals surface area contributed by atoms with E-state index in [1.54, 1.807) is 48.6 Å². The SMILES string of the molecule is C=CCOc1cccc(C2C(C(=O)C=Cc3ccccc3)=C(O)C(=O)N2c2nnc(SCc3ccc(F)cc3)s2)c1. The number of ketones is 1. The van der Waals surface area contributed by atoms with Gasteiger partial charge in [-0.3, -0.25) is 14.5 Å². The molecule has 4 aromatic rings. The number of aromatic nitrogens is 2. The van der Waals surface area contributed by atoms with Crippen molar-refractivity contribution in [1.82, 2.24) is 10.2 Å². The zero-order valence-electron chi connectivity index (χ0n) is 21.6. The van der Waals surface area contributed by atoms with Crippen molar-refractivity contribution in [2.45, 2.75) is 16.1 Å². The molecule has 1 aromatic heterocycles. The summed E-state index contributed by atoms with van der Waals surface area (Å²) < 4.78 is 19.5. The Labute approximate surface area is 244 Å². The summed E-state index contributed by atoms with van der Waals surface area (Å²) in [7, 11) is 0. The largest absolute Gasteiger partial charge is 0.503 e. The molecule has 1 amide bonds. The minimum Gasteiger partial charge on any atom is -0.503 e. The molecule has 1 N–H and O–H groups in total. The third kappa shape index (κ3) is 6.45. The van der Waals surface area contributed by atoms with Gasteiger partial charge in [0.2, 0.25) is 5.13 Å². The highest BCUT2D eigenvalue weighted by molar-refractivity contribution is 8.00. The number of amides is 1. The minimum atomic E-state index is -0.967. The quantitative estimate of drug-likeness (QED) is 0.0904. The highest BCUT2D eigenvalue weighted by Crippen LogP contribution is 2.44. The summed E-state index contributed by atoms with van der Waals surface area (Å²) in [6.07, 6.45) is 4.58. The number of carbonyl (C=O) groups excluding carboxylic acids is 2. The predicted octanol–water partition coefficient (Wildman–Crippen LogP) is 6.72. The van der Waals surface area contributed by atoms with E-state index in [4.69, 9.17) is 4.74 Å². The normalized spacial score (nSPS) is 15.1. The number of aliphatic hydroxyl groups excluding tert-OH is 1. The summed E-state index contributed by atoms with van der Waals surface area (Å²) in [5.74, 6) is -1.20. The highest BCUT2D eigenvalue weighted by atomic mass is 32.2. The van der Waals surface area contributed by atoms with Crippen LogP contribution in [-0.2, 0) is 15.3 Å². The number of anilines is 1. The van der Waals surface area contributed by atoms with Crippen LogP contribution in [0.5, 0.6) is 5.75 Å². The molecule has 0 fully saturated rings. The van der Waals surface area contributed by atoms with Gasteiger partial charge in [0.05, 0.1) is 11.6 Å². The topological polar surface area (TPSA) is 92.6 Å². The molecule has 2 heterocycles. The van der Waals surface area contributed by atoms with Gasteiger partial charge in [-0.05, 0) is 47.0 Å². The van der Waals surface area contributed by atoms with Gasteiger partial charge in [0.25, 0.3) is 5.91 Å². The molecule has 0 radical (unpaired) electrons. The summed E-state index contributed by atoms with van der Waals surface area (Å²) in [6.45, 7) is 3.94. The first-order chi connectivity index (χ1) is 19.9. The number of allylic oxidation sites excluding steroid dienone is 1. The van der Waals surface area contributed by atoms with Crippen molar-refractivity contribution in [2.75, 3.05) is 11.5 Å². The second kappa shape index (κ2) is 12.8. The number of hydrogen-bond donors (Lipinski definition) is 1. The summed E-state index contributed by atoms with van der Waals surface area (Å²) in [5, 5.41) is 19.7. The van der Waals surface area contributed by atoms with Crippen LogP contribution in [0, 0.1) is 5.82 Å². The van der Waals surface area contributed by atoms with Crippen LogP contribution < -0.4 is 9.64 Å². The first-order valence-electron chi connectivity index (χ1n) is 12.5. The maximum Gasteiger partial charge on any atom is 0.296 e. The molecule has 1 aliphatic heterocycles. The van der Waals surface area contributed by atoms with E-state index in [1.165, 1.54) is 34.9 Å². The average Bonchev–Trinajstić information content (AvgIpc) is 3.57. The van der Waals surface area contributed by atoms with Gasteiger partial charge in [0, 0.05) is 5.75 Å². The molecule has 10 heteroatoms. The number of aliphatic hydroxyl groups is 1. The lowest BCUT2D eigenvalue weighted by atomic mass is 9.95. The van der Waals surface area contributed by atoms with Crippen LogP contribution in [0.4, 0.5) is 9.52 Å². The van der Waals surface area contributed by atoms with E-state index < -0.39 is 23.5 Å². The molecular weight excluding hydrogens is 561 g/mol. The Bertz CT molecular complexity index is 1630. The third-order valence-electron chi connectivity index (χ3n) is 6.12. The van der Waals surface area contributed by atoms with Crippen molar-refractivity contribution in [3.05, 3.63) is 131 Å². The minimum absolute atomic E-state index is 0.0706.